The Kier molecular flexibility index (Phi) is 4.88. The van der Waals surface area contributed by atoms with E-state index in [1.807, 2.05) is 62.5 Å². The molecule has 1 amide bonds. The molecule has 1 aliphatic heterocycles. The van der Waals surface area contributed by atoms with Gasteiger partial charge < -0.3 is 14.7 Å². The van der Waals surface area contributed by atoms with Crippen molar-refractivity contribution in [1.29, 1.82) is 0 Å². The quantitative estimate of drug-likeness (QED) is 0.742. The molecule has 150 valence electrons. The van der Waals surface area contributed by atoms with Crippen LogP contribution in [0.5, 0.6) is 5.75 Å². The van der Waals surface area contributed by atoms with Crippen LogP contribution in [0.2, 0.25) is 0 Å². The van der Waals surface area contributed by atoms with Gasteiger partial charge in [0.15, 0.2) is 5.69 Å². The molecule has 1 fully saturated rings. The van der Waals surface area contributed by atoms with Crippen LogP contribution in [0, 0.1) is 6.92 Å². The van der Waals surface area contributed by atoms with Crippen molar-refractivity contribution in [2.24, 2.45) is 7.05 Å². The first kappa shape index (κ1) is 19.2. The van der Waals surface area contributed by atoms with Crippen LogP contribution in [-0.2, 0) is 12.6 Å². The topological polar surface area (TPSA) is 67.6 Å². The van der Waals surface area contributed by atoms with Gasteiger partial charge in [-0.05, 0) is 49.2 Å². The molecule has 1 aliphatic rings. The third kappa shape index (κ3) is 3.63. The molecule has 4 rings (SSSR count). The zero-order valence-electron chi connectivity index (χ0n) is 16.9. The summed E-state index contributed by atoms with van der Waals surface area (Å²) in [5.74, 6) is 0.614. The SMILES string of the molecule is COc1ccc(-c2cc(C(=O)N3CC[C@@](O)(c4ccc(C)cc4)C3)nn2C)cc1. The summed E-state index contributed by atoms with van der Waals surface area (Å²) in [6.45, 7) is 2.78. The Bertz CT molecular complexity index is 1020. The molecule has 0 saturated carbocycles. The molecule has 6 heteroatoms. The summed E-state index contributed by atoms with van der Waals surface area (Å²) in [7, 11) is 3.45. The summed E-state index contributed by atoms with van der Waals surface area (Å²) in [5.41, 5.74) is 3.16. The Hall–Kier alpha value is -3.12. The van der Waals surface area contributed by atoms with Gasteiger partial charge in [0, 0.05) is 19.2 Å². The van der Waals surface area contributed by atoms with Gasteiger partial charge in [-0.2, -0.15) is 5.10 Å². The van der Waals surface area contributed by atoms with Crippen LogP contribution < -0.4 is 4.74 Å². The van der Waals surface area contributed by atoms with E-state index in [0.29, 0.717) is 18.7 Å². The second-order valence-electron chi connectivity index (χ2n) is 7.64. The normalized spacial score (nSPS) is 18.8. The maximum absolute atomic E-state index is 13.0. The van der Waals surface area contributed by atoms with Crippen molar-refractivity contribution in [2.45, 2.75) is 18.9 Å². The van der Waals surface area contributed by atoms with E-state index in [-0.39, 0.29) is 12.5 Å². The molecule has 0 unspecified atom stereocenters. The third-order valence-electron chi connectivity index (χ3n) is 5.61. The largest absolute Gasteiger partial charge is 0.497 e. The zero-order valence-corrected chi connectivity index (χ0v) is 16.9. The first-order valence-corrected chi connectivity index (χ1v) is 9.67. The molecule has 0 radical (unpaired) electrons. The van der Waals surface area contributed by atoms with E-state index in [2.05, 4.69) is 5.10 Å². The van der Waals surface area contributed by atoms with E-state index >= 15 is 0 Å². The number of carbonyl (C=O) groups is 1. The number of aromatic nitrogens is 2. The molecule has 1 atom stereocenters. The van der Waals surface area contributed by atoms with E-state index in [0.717, 1.165) is 28.1 Å². The second-order valence-corrected chi connectivity index (χ2v) is 7.64. The van der Waals surface area contributed by atoms with Gasteiger partial charge in [0.1, 0.15) is 11.4 Å². The minimum absolute atomic E-state index is 0.164. The molecule has 6 nitrogen and oxygen atoms in total. The van der Waals surface area contributed by atoms with Gasteiger partial charge in [0.2, 0.25) is 0 Å². The molecule has 1 saturated heterocycles. The number of benzene rings is 2. The number of hydrogen-bond donors (Lipinski definition) is 1. The Balaban J connectivity index is 1.54. The summed E-state index contributed by atoms with van der Waals surface area (Å²) in [5, 5.41) is 15.5. The molecular weight excluding hydrogens is 366 g/mol. The molecule has 0 spiro atoms. The highest BCUT2D eigenvalue weighted by atomic mass is 16.5. The van der Waals surface area contributed by atoms with Crippen LogP contribution in [0.1, 0.15) is 28.0 Å². The number of aryl methyl sites for hydroxylation is 2. The fraction of sp³-hybridized carbons (Fsp3) is 0.304. The summed E-state index contributed by atoms with van der Waals surface area (Å²) >= 11 is 0. The minimum atomic E-state index is -1.02. The molecular formula is C23H25N3O3. The van der Waals surface area contributed by atoms with Crippen LogP contribution in [0.4, 0.5) is 0 Å². The fourth-order valence-corrected chi connectivity index (χ4v) is 3.83. The van der Waals surface area contributed by atoms with Gasteiger partial charge in [0.25, 0.3) is 5.91 Å². The fourth-order valence-electron chi connectivity index (χ4n) is 3.83. The standard InChI is InChI=1S/C23H25N3O3/c1-16-4-8-18(9-5-16)23(28)12-13-26(15-23)22(27)20-14-21(25(2)24-20)17-6-10-19(29-3)11-7-17/h4-11,14,28H,12-13,15H2,1-3H3/t23-/m0/s1. The highest BCUT2D eigenvalue weighted by Gasteiger charge is 2.40. The van der Waals surface area contributed by atoms with Gasteiger partial charge in [-0.3, -0.25) is 9.48 Å². The number of nitrogens with zero attached hydrogens (tertiary/aromatic N) is 3. The molecule has 2 aromatic carbocycles. The first-order valence-electron chi connectivity index (χ1n) is 9.67. The number of ether oxygens (including phenoxy) is 1. The summed E-state index contributed by atoms with van der Waals surface area (Å²) in [4.78, 5) is 14.7. The summed E-state index contributed by atoms with van der Waals surface area (Å²) in [6, 6.07) is 17.3. The molecule has 3 aromatic rings. The number of hydrogen-bond acceptors (Lipinski definition) is 4. The monoisotopic (exact) mass is 391 g/mol. The molecule has 1 aromatic heterocycles. The Morgan fingerprint density at radius 2 is 1.83 bits per heavy atom. The minimum Gasteiger partial charge on any atom is -0.497 e. The van der Waals surface area contributed by atoms with E-state index in [9.17, 15) is 9.90 Å². The Labute approximate surface area is 170 Å². The van der Waals surface area contributed by atoms with E-state index < -0.39 is 5.60 Å². The molecule has 0 bridgehead atoms. The van der Waals surface area contributed by atoms with Crippen LogP contribution in [0.15, 0.2) is 54.6 Å². The number of amides is 1. The van der Waals surface area contributed by atoms with Crippen molar-refractivity contribution >= 4 is 5.91 Å². The number of likely N-dealkylation sites (tertiary alicyclic amines) is 1. The Morgan fingerprint density at radius 3 is 2.48 bits per heavy atom. The van der Waals surface area contributed by atoms with Gasteiger partial charge >= 0.3 is 0 Å². The average molecular weight is 391 g/mol. The van der Waals surface area contributed by atoms with Crippen LogP contribution in [0.25, 0.3) is 11.3 Å². The first-order chi connectivity index (χ1) is 13.9. The van der Waals surface area contributed by atoms with E-state index in [4.69, 9.17) is 4.74 Å². The number of methoxy groups -OCH3 is 1. The lowest BCUT2D eigenvalue weighted by atomic mass is 9.92. The smallest absolute Gasteiger partial charge is 0.274 e. The predicted molar refractivity (Wildman–Crippen MR) is 111 cm³/mol. The maximum atomic E-state index is 13.0. The van der Waals surface area contributed by atoms with Crippen molar-refractivity contribution < 1.29 is 14.6 Å². The molecule has 0 aliphatic carbocycles. The maximum Gasteiger partial charge on any atom is 0.274 e. The molecule has 2 heterocycles. The third-order valence-corrected chi connectivity index (χ3v) is 5.61. The Morgan fingerprint density at radius 1 is 1.14 bits per heavy atom. The van der Waals surface area contributed by atoms with Crippen molar-refractivity contribution in [2.75, 3.05) is 20.2 Å². The number of rotatable bonds is 4. The van der Waals surface area contributed by atoms with Crippen molar-refractivity contribution in [3.63, 3.8) is 0 Å². The van der Waals surface area contributed by atoms with Crippen LogP contribution >= 0.6 is 0 Å². The second kappa shape index (κ2) is 7.37. The van der Waals surface area contributed by atoms with Gasteiger partial charge in [-0.15, -0.1) is 0 Å². The van der Waals surface area contributed by atoms with Crippen molar-refractivity contribution in [3.05, 3.63) is 71.4 Å². The average Bonchev–Trinajstić information content (AvgIpc) is 3.32. The summed E-state index contributed by atoms with van der Waals surface area (Å²) < 4.78 is 6.91. The predicted octanol–water partition coefficient (Wildman–Crippen LogP) is 3.14. The lowest BCUT2D eigenvalue weighted by Crippen LogP contribution is -2.34. The van der Waals surface area contributed by atoms with Crippen molar-refractivity contribution in [1.82, 2.24) is 14.7 Å². The van der Waals surface area contributed by atoms with E-state index in [1.165, 1.54) is 0 Å². The molecule has 29 heavy (non-hydrogen) atoms. The van der Waals surface area contributed by atoms with Crippen LogP contribution in [0.3, 0.4) is 0 Å². The number of β-amino-alcohol motifs (C(OH)–C–C–N with tert-alkyl or cyclic N) is 1. The highest BCUT2D eigenvalue weighted by molar-refractivity contribution is 5.93. The van der Waals surface area contributed by atoms with Gasteiger partial charge in [0.05, 0.1) is 19.3 Å². The van der Waals surface area contributed by atoms with E-state index in [1.54, 1.807) is 22.8 Å². The van der Waals surface area contributed by atoms with Crippen LogP contribution in [-0.4, -0.2) is 45.9 Å². The lowest BCUT2D eigenvalue weighted by molar-refractivity contribution is 0.0415. The highest BCUT2D eigenvalue weighted by Crippen LogP contribution is 2.33. The van der Waals surface area contributed by atoms with Gasteiger partial charge in [-0.25, -0.2) is 0 Å². The molecule has 1 N–H and O–H groups in total. The number of aliphatic hydroxyl groups is 1. The van der Waals surface area contributed by atoms with Gasteiger partial charge in [-0.1, -0.05) is 29.8 Å². The number of carbonyl (C=O) groups excluding carboxylic acids is 1. The zero-order chi connectivity index (χ0) is 20.6. The van der Waals surface area contributed by atoms with Crippen molar-refractivity contribution in [3.8, 4) is 17.0 Å². The summed E-state index contributed by atoms with van der Waals surface area (Å²) in [6.07, 6.45) is 0.514. The lowest BCUT2D eigenvalue weighted by Gasteiger charge is -2.23.